The zero-order valence-corrected chi connectivity index (χ0v) is 18.4. The molecule has 0 atom stereocenters. The highest BCUT2D eigenvalue weighted by molar-refractivity contribution is 7.98. The number of rotatable bonds is 11. The molecule has 0 saturated carbocycles. The van der Waals surface area contributed by atoms with Crippen LogP contribution in [-0.4, -0.2) is 41.8 Å². The number of fused-ring (bicyclic) bond motifs is 1. The number of aromatic nitrogens is 2. The number of hydrogen-bond acceptors (Lipinski definition) is 5. The summed E-state index contributed by atoms with van der Waals surface area (Å²) in [5, 5.41) is 15.4. The van der Waals surface area contributed by atoms with Crippen molar-refractivity contribution in [1.82, 2.24) is 15.5 Å². The number of anilines is 1. The Kier molecular flexibility index (Phi) is 10.0. The summed E-state index contributed by atoms with van der Waals surface area (Å²) in [7, 11) is 0. The molecule has 3 rings (SSSR count). The maximum atomic E-state index is 12.0. The highest BCUT2D eigenvalue weighted by Gasteiger charge is 2.08. The second kappa shape index (κ2) is 12.5. The van der Waals surface area contributed by atoms with Gasteiger partial charge in [-0.05, 0) is 43.8 Å². The van der Waals surface area contributed by atoms with Gasteiger partial charge in [-0.25, -0.2) is 5.10 Å². The van der Waals surface area contributed by atoms with Crippen molar-refractivity contribution in [2.75, 3.05) is 37.0 Å². The molecule has 0 fully saturated rings. The van der Waals surface area contributed by atoms with Gasteiger partial charge in [0.1, 0.15) is 0 Å². The van der Waals surface area contributed by atoms with E-state index in [1.54, 1.807) is 0 Å². The van der Waals surface area contributed by atoms with Crippen LogP contribution in [0.5, 0.6) is 0 Å². The molecule has 1 aromatic heterocycles. The van der Waals surface area contributed by atoms with Crippen molar-refractivity contribution in [1.29, 1.82) is 0 Å². The lowest BCUT2D eigenvalue weighted by Crippen LogP contribution is -2.18. The van der Waals surface area contributed by atoms with Gasteiger partial charge >= 0.3 is 0 Å². The normalized spacial score (nSPS) is 10.7. The Hall–Kier alpha value is -2.02. The molecule has 3 aromatic rings. The smallest absolute Gasteiger partial charge is 0.272 e. The lowest BCUT2D eigenvalue weighted by molar-refractivity contribution is 0.628. The van der Waals surface area contributed by atoms with Crippen LogP contribution in [0.2, 0.25) is 0 Å². The van der Waals surface area contributed by atoms with E-state index in [0.29, 0.717) is 5.39 Å². The highest BCUT2D eigenvalue weighted by Crippen LogP contribution is 2.26. The van der Waals surface area contributed by atoms with E-state index >= 15 is 0 Å². The first-order valence-corrected chi connectivity index (χ1v) is 11.2. The molecule has 0 unspecified atom stereocenters. The Morgan fingerprint density at radius 3 is 2.59 bits per heavy atom. The SMILES string of the molecule is CSCCNCCCCCNc1cccc(-c2n[nH]c(=O)c3ccccc23)c1.Cl. The molecule has 0 saturated heterocycles. The van der Waals surface area contributed by atoms with Crippen molar-refractivity contribution < 1.29 is 0 Å². The van der Waals surface area contributed by atoms with Gasteiger partial charge in [0.15, 0.2) is 0 Å². The number of hydrogen-bond donors (Lipinski definition) is 3. The van der Waals surface area contributed by atoms with E-state index in [4.69, 9.17) is 0 Å². The second-order valence-electron chi connectivity index (χ2n) is 6.76. The molecule has 1 heterocycles. The van der Waals surface area contributed by atoms with Crippen molar-refractivity contribution in [2.45, 2.75) is 19.3 Å². The van der Waals surface area contributed by atoms with E-state index in [-0.39, 0.29) is 18.0 Å². The van der Waals surface area contributed by atoms with Crippen molar-refractivity contribution in [3.05, 3.63) is 58.9 Å². The summed E-state index contributed by atoms with van der Waals surface area (Å²) < 4.78 is 0. The van der Waals surface area contributed by atoms with E-state index in [9.17, 15) is 4.79 Å². The Bertz CT molecular complexity index is 947. The van der Waals surface area contributed by atoms with Gasteiger partial charge in [0.05, 0.1) is 11.1 Å². The van der Waals surface area contributed by atoms with E-state index < -0.39 is 0 Å². The second-order valence-corrected chi connectivity index (χ2v) is 7.74. The van der Waals surface area contributed by atoms with Gasteiger partial charge < -0.3 is 10.6 Å². The average Bonchev–Trinajstić information content (AvgIpc) is 2.73. The van der Waals surface area contributed by atoms with Crippen LogP contribution in [0.25, 0.3) is 22.0 Å². The number of H-pyrrole nitrogens is 1. The van der Waals surface area contributed by atoms with Gasteiger partial charge in [-0.2, -0.15) is 16.9 Å². The van der Waals surface area contributed by atoms with Crippen LogP contribution in [0.1, 0.15) is 19.3 Å². The van der Waals surface area contributed by atoms with Gasteiger partial charge in [0, 0.05) is 35.5 Å². The molecule has 0 spiro atoms. The van der Waals surface area contributed by atoms with E-state index in [0.717, 1.165) is 48.4 Å². The zero-order valence-electron chi connectivity index (χ0n) is 16.7. The van der Waals surface area contributed by atoms with Gasteiger partial charge in [0.25, 0.3) is 5.56 Å². The summed E-state index contributed by atoms with van der Waals surface area (Å²) in [5.41, 5.74) is 2.72. The van der Waals surface area contributed by atoms with Crippen LogP contribution in [0, 0.1) is 0 Å². The van der Waals surface area contributed by atoms with Gasteiger partial charge in [-0.15, -0.1) is 12.4 Å². The van der Waals surface area contributed by atoms with Crippen LogP contribution in [0.15, 0.2) is 53.3 Å². The number of aromatic amines is 1. The molecule has 0 radical (unpaired) electrons. The van der Waals surface area contributed by atoms with Crippen molar-refractivity contribution >= 4 is 40.6 Å². The van der Waals surface area contributed by atoms with Gasteiger partial charge in [-0.1, -0.05) is 36.8 Å². The maximum absolute atomic E-state index is 12.0. The Morgan fingerprint density at radius 1 is 0.966 bits per heavy atom. The monoisotopic (exact) mass is 432 g/mol. The maximum Gasteiger partial charge on any atom is 0.272 e. The summed E-state index contributed by atoms with van der Waals surface area (Å²) in [6.45, 7) is 3.15. The van der Waals surface area contributed by atoms with Crippen LogP contribution in [0.4, 0.5) is 5.69 Å². The summed E-state index contributed by atoms with van der Waals surface area (Å²) in [4.78, 5) is 12.0. The van der Waals surface area contributed by atoms with Crippen LogP contribution in [-0.2, 0) is 0 Å². The molecule has 0 bridgehead atoms. The van der Waals surface area contributed by atoms with Crippen molar-refractivity contribution in [3.8, 4) is 11.3 Å². The number of benzene rings is 2. The molecule has 5 nitrogen and oxygen atoms in total. The third-order valence-corrected chi connectivity index (χ3v) is 5.29. The Labute approximate surface area is 182 Å². The molecule has 0 aliphatic carbocycles. The van der Waals surface area contributed by atoms with Crippen LogP contribution in [0.3, 0.4) is 0 Å². The number of thioether (sulfide) groups is 1. The Balaban J connectivity index is 0.00000300. The Morgan fingerprint density at radius 2 is 1.76 bits per heavy atom. The van der Waals surface area contributed by atoms with E-state index in [1.165, 1.54) is 18.6 Å². The van der Waals surface area contributed by atoms with Crippen LogP contribution >= 0.6 is 24.2 Å². The van der Waals surface area contributed by atoms with E-state index in [1.807, 2.05) is 48.2 Å². The van der Waals surface area contributed by atoms with Crippen molar-refractivity contribution in [2.24, 2.45) is 0 Å². The molecule has 0 aliphatic heterocycles. The first-order valence-electron chi connectivity index (χ1n) is 9.81. The standard InChI is InChI=1S/C22H28N4OS.ClH/c1-28-15-14-23-12-5-2-6-13-24-18-9-7-8-17(16-18)21-19-10-3-4-11-20(19)22(27)26-25-21;/h3-4,7-11,16,23-24H,2,5-6,12-15H2,1H3,(H,26,27);1H. The fourth-order valence-corrected chi connectivity index (χ4v) is 3.54. The predicted molar refractivity (Wildman–Crippen MR) is 129 cm³/mol. The first-order chi connectivity index (χ1) is 13.8. The number of nitrogens with zero attached hydrogens (tertiary/aromatic N) is 1. The minimum absolute atomic E-state index is 0. The zero-order chi connectivity index (χ0) is 19.6. The topological polar surface area (TPSA) is 69.8 Å². The predicted octanol–water partition coefficient (Wildman–Crippen LogP) is 4.55. The number of unbranched alkanes of at least 4 members (excludes halogenated alkanes) is 2. The fraction of sp³-hybridized carbons (Fsp3) is 0.364. The number of halogens is 1. The molecule has 29 heavy (non-hydrogen) atoms. The van der Waals surface area contributed by atoms with E-state index in [2.05, 4.69) is 39.2 Å². The quantitative estimate of drug-likeness (QED) is 0.388. The molecule has 156 valence electrons. The molecule has 3 N–H and O–H groups in total. The number of nitrogens with one attached hydrogen (secondary N) is 3. The molecular weight excluding hydrogens is 404 g/mol. The lowest BCUT2D eigenvalue weighted by atomic mass is 10.0. The first kappa shape index (κ1) is 23.3. The lowest BCUT2D eigenvalue weighted by Gasteiger charge is -2.10. The van der Waals surface area contributed by atoms with Gasteiger partial charge in [0.2, 0.25) is 0 Å². The summed E-state index contributed by atoms with van der Waals surface area (Å²) in [6.07, 6.45) is 5.71. The largest absolute Gasteiger partial charge is 0.385 e. The molecule has 7 heteroatoms. The summed E-state index contributed by atoms with van der Waals surface area (Å²) in [6, 6.07) is 15.8. The third kappa shape index (κ3) is 6.77. The highest BCUT2D eigenvalue weighted by atomic mass is 35.5. The molecule has 2 aromatic carbocycles. The van der Waals surface area contributed by atoms with Crippen LogP contribution < -0.4 is 16.2 Å². The minimum atomic E-state index is -0.156. The third-order valence-electron chi connectivity index (χ3n) is 4.67. The molecule has 0 aliphatic rings. The van der Waals surface area contributed by atoms with Crippen molar-refractivity contribution in [3.63, 3.8) is 0 Å². The summed E-state index contributed by atoms with van der Waals surface area (Å²) in [5.74, 6) is 1.18. The molecular formula is C22H29ClN4OS. The summed E-state index contributed by atoms with van der Waals surface area (Å²) >= 11 is 1.88. The fourth-order valence-electron chi connectivity index (χ4n) is 3.19. The molecule has 0 amide bonds. The minimum Gasteiger partial charge on any atom is -0.385 e. The average molecular weight is 433 g/mol. The van der Waals surface area contributed by atoms with Gasteiger partial charge in [-0.3, -0.25) is 4.79 Å².